The average Bonchev–Trinajstić information content (AvgIpc) is 1.86. The van der Waals surface area contributed by atoms with Gasteiger partial charge in [0, 0.05) is 6.42 Å². The molecule has 3 heteroatoms. The minimum atomic E-state index is -2.51. The first-order chi connectivity index (χ1) is 3.63. The zero-order valence-electron chi connectivity index (χ0n) is 4.40. The van der Waals surface area contributed by atoms with E-state index in [1.807, 2.05) is 0 Å². The highest BCUT2D eigenvalue weighted by Gasteiger charge is 2.41. The highest BCUT2D eigenvalue weighted by molar-refractivity contribution is 4.82. The van der Waals surface area contributed by atoms with Crippen molar-refractivity contribution < 1.29 is 13.9 Å². The van der Waals surface area contributed by atoms with E-state index in [2.05, 4.69) is 0 Å². The Kier molecular flexibility index (Phi) is 1.23. The highest BCUT2D eigenvalue weighted by atomic mass is 19.2. The van der Waals surface area contributed by atoms with Crippen molar-refractivity contribution in [2.24, 2.45) is 0 Å². The van der Waals surface area contributed by atoms with Gasteiger partial charge in [-0.15, -0.1) is 0 Å². The van der Waals surface area contributed by atoms with Crippen LogP contribution in [0.15, 0.2) is 0 Å². The maximum Gasteiger partial charge on any atom is 0.238 e. The summed E-state index contributed by atoms with van der Waals surface area (Å²) < 4.78 is 24.3. The lowest BCUT2D eigenvalue weighted by Gasteiger charge is -2.12. The van der Waals surface area contributed by atoms with E-state index in [9.17, 15) is 8.78 Å². The number of alkyl halides is 2. The summed E-state index contributed by atoms with van der Waals surface area (Å²) in [5.74, 6) is -2.51. The summed E-state index contributed by atoms with van der Waals surface area (Å²) in [6, 6.07) is 0. The Morgan fingerprint density at radius 1 is 1.62 bits per heavy atom. The number of halogens is 2. The number of hydrogen-bond acceptors (Lipinski definition) is 1. The van der Waals surface area contributed by atoms with Gasteiger partial charge in [0.15, 0.2) is 6.17 Å². The molecule has 8 heavy (non-hydrogen) atoms. The van der Waals surface area contributed by atoms with Crippen LogP contribution < -0.4 is 0 Å². The molecule has 1 rings (SSSR count). The molecule has 1 aliphatic rings. The van der Waals surface area contributed by atoms with Crippen LogP contribution in [0.1, 0.15) is 19.3 Å². The smallest absolute Gasteiger partial charge is 0.238 e. The molecule has 0 radical (unpaired) electrons. The van der Waals surface area contributed by atoms with Crippen LogP contribution in [0.25, 0.3) is 0 Å². The van der Waals surface area contributed by atoms with Crippen molar-refractivity contribution in [3.8, 4) is 0 Å². The van der Waals surface area contributed by atoms with Crippen LogP contribution in [-0.2, 0) is 0 Å². The molecule has 0 spiro atoms. The van der Waals surface area contributed by atoms with Gasteiger partial charge in [0.1, 0.15) is 0 Å². The normalized spacial score (nSPS) is 47.6. The molecule has 0 saturated heterocycles. The quantitative estimate of drug-likeness (QED) is 0.511. The molecule has 1 fully saturated rings. The summed E-state index contributed by atoms with van der Waals surface area (Å²) in [6.07, 6.45) is -1.09. The second kappa shape index (κ2) is 1.65. The van der Waals surface area contributed by atoms with E-state index in [1.165, 1.54) is 0 Å². The fourth-order valence-corrected chi connectivity index (χ4v) is 0.907. The molecule has 1 N–H and O–H groups in total. The van der Waals surface area contributed by atoms with Crippen molar-refractivity contribution in [2.45, 2.75) is 31.3 Å². The minimum absolute atomic E-state index is 0.0475. The lowest BCUT2D eigenvalue weighted by Crippen LogP contribution is -2.27. The van der Waals surface area contributed by atoms with Crippen molar-refractivity contribution in [1.82, 2.24) is 0 Å². The number of aliphatic hydroxyl groups is 1. The average molecular weight is 122 g/mol. The van der Waals surface area contributed by atoms with Gasteiger partial charge in [0.25, 0.3) is 0 Å². The van der Waals surface area contributed by atoms with Crippen molar-refractivity contribution in [2.75, 3.05) is 0 Å². The summed E-state index contributed by atoms with van der Waals surface area (Å²) in [5.41, 5.74) is 0. The second-order valence-electron chi connectivity index (χ2n) is 2.18. The van der Waals surface area contributed by atoms with Crippen LogP contribution in [0.5, 0.6) is 0 Å². The molecule has 1 nitrogen and oxygen atoms in total. The van der Waals surface area contributed by atoms with Crippen LogP contribution in [0, 0.1) is 0 Å². The molecule has 0 heterocycles. The Hall–Kier alpha value is -0.180. The van der Waals surface area contributed by atoms with Gasteiger partial charge in [-0.3, -0.25) is 0 Å². The maximum absolute atomic E-state index is 12.2. The van der Waals surface area contributed by atoms with E-state index < -0.39 is 12.0 Å². The Bertz CT molecular complexity index is 92.4. The predicted octanol–water partition coefficient (Wildman–Crippen LogP) is 1.17. The lowest BCUT2D eigenvalue weighted by atomic mass is 10.2. The van der Waals surface area contributed by atoms with E-state index in [0.29, 0.717) is 6.42 Å². The first-order valence-electron chi connectivity index (χ1n) is 2.68. The number of hydrogen-bond donors (Lipinski definition) is 1. The molecule has 2 atom stereocenters. The van der Waals surface area contributed by atoms with Crippen molar-refractivity contribution in [1.29, 1.82) is 0 Å². The van der Waals surface area contributed by atoms with Gasteiger partial charge in [0.05, 0.1) is 0 Å². The molecule has 0 amide bonds. The van der Waals surface area contributed by atoms with Gasteiger partial charge in [0.2, 0.25) is 5.85 Å². The summed E-state index contributed by atoms with van der Waals surface area (Å²) in [4.78, 5) is 0. The van der Waals surface area contributed by atoms with E-state index in [0.717, 1.165) is 0 Å². The Morgan fingerprint density at radius 2 is 2.25 bits per heavy atom. The minimum Gasteiger partial charge on any atom is -0.360 e. The zero-order chi connectivity index (χ0) is 6.20. The predicted molar refractivity (Wildman–Crippen MR) is 24.8 cm³/mol. The fraction of sp³-hybridized carbons (Fsp3) is 1.00. The molecular weight excluding hydrogens is 114 g/mol. The fourth-order valence-electron chi connectivity index (χ4n) is 0.907. The Balaban J connectivity index is 2.54. The van der Waals surface area contributed by atoms with E-state index >= 15 is 0 Å². The third kappa shape index (κ3) is 0.823. The first-order valence-corrected chi connectivity index (χ1v) is 2.68. The van der Waals surface area contributed by atoms with Gasteiger partial charge < -0.3 is 5.11 Å². The molecule has 0 aliphatic heterocycles. The van der Waals surface area contributed by atoms with E-state index in [4.69, 9.17) is 5.11 Å². The monoisotopic (exact) mass is 122 g/mol. The molecule has 0 bridgehead atoms. The topological polar surface area (TPSA) is 20.2 Å². The van der Waals surface area contributed by atoms with E-state index in [1.54, 1.807) is 0 Å². The third-order valence-electron chi connectivity index (χ3n) is 1.46. The molecule has 2 unspecified atom stereocenters. The van der Waals surface area contributed by atoms with Crippen molar-refractivity contribution in [3.05, 3.63) is 0 Å². The first kappa shape index (κ1) is 5.95. The second-order valence-corrected chi connectivity index (χ2v) is 2.18. The van der Waals surface area contributed by atoms with Crippen molar-refractivity contribution >= 4 is 0 Å². The van der Waals surface area contributed by atoms with Gasteiger partial charge in [-0.25, -0.2) is 8.78 Å². The molecular formula is C5H8F2O. The number of rotatable bonds is 0. The highest BCUT2D eigenvalue weighted by Crippen LogP contribution is 2.33. The van der Waals surface area contributed by atoms with Crippen LogP contribution in [0.2, 0.25) is 0 Å². The zero-order valence-corrected chi connectivity index (χ0v) is 4.40. The van der Waals surface area contributed by atoms with Gasteiger partial charge in [-0.05, 0) is 12.8 Å². The molecule has 1 saturated carbocycles. The summed E-state index contributed by atoms with van der Waals surface area (Å²) in [6.45, 7) is 0. The standard InChI is InChI=1S/C5H8F2O/c6-4-2-1-3-5(4,7)8/h4,8H,1-3H2. The molecule has 48 valence electrons. The van der Waals surface area contributed by atoms with Crippen LogP contribution >= 0.6 is 0 Å². The molecule has 0 aromatic carbocycles. The van der Waals surface area contributed by atoms with Gasteiger partial charge in [-0.2, -0.15) is 0 Å². The summed E-state index contributed by atoms with van der Waals surface area (Å²) in [5, 5.41) is 8.42. The summed E-state index contributed by atoms with van der Waals surface area (Å²) >= 11 is 0. The molecule has 0 aromatic rings. The van der Waals surface area contributed by atoms with Crippen LogP contribution in [-0.4, -0.2) is 17.1 Å². The maximum atomic E-state index is 12.2. The van der Waals surface area contributed by atoms with Crippen LogP contribution in [0.4, 0.5) is 8.78 Å². The summed E-state index contributed by atoms with van der Waals surface area (Å²) in [7, 11) is 0. The Labute approximate surface area is 46.3 Å². The molecule has 1 aliphatic carbocycles. The largest absolute Gasteiger partial charge is 0.360 e. The van der Waals surface area contributed by atoms with E-state index in [-0.39, 0.29) is 12.8 Å². The SMILES string of the molecule is OC1(F)CCCC1F. The van der Waals surface area contributed by atoms with Crippen molar-refractivity contribution in [3.63, 3.8) is 0 Å². The lowest BCUT2D eigenvalue weighted by molar-refractivity contribution is -0.125. The third-order valence-corrected chi connectivity index (χ3v) is 1.46. The van der Waals surface area contributed by atoms with Gasteiger partial charge >= 0.3 is 0 Å². The molecule has 0 aromatic heterocycles. The van der Waals surface area contributed by atoms with Crippen LogP contribution in [0.3, 0.4) is 0 Å². The van der Waals surface area contributed by atoms with Gasteiger partial charge in [-0.1, -0.05) is 0 Å². The Morgan fingerprint density at radius 3 is 2.38 bits per heavy atom.